The SMILES string of the molecule is CC[C@H](NC(=O)[C@H]1C[C@@H](NCCOCCOCCC(=O)NCCn2cc3c(n2)CN(C)C(=O)c2ccc(F)cc2[C@H]2CCCN2c2cc-3cnc2N)CN1C(=O)[C@H](NC(=O)[C@@H](C)NC)C(C)(C)C)c1ccccc1. The number of nitrogens with one attached hydrogen (secondary N) is 5. The van der Waals surface area contributed by atoms with Gasteiger partial charge in [0.05, 0.1) is 69.0 Å². The first-order valence-electron chi connectivity index (χ1n) is 25.9. The van der Waals surface area contributed by atoms with Crippen LogP contribution >= 0.6 is 0 Å². The number of nitrogen functional groups attached to an aromatic ring is 1. The van der Waals surface area contributed by atoms with Crippen LogP contribution in [-0.2, 0) is 41.7 Å². The van der Waals surface area contributed by atoms with Gasteiger partial charge in [-0.2, -0.15) is 5.10 Å². The van der Waals surface area contributed by atoms with Crippen molar-refractivity contribution in [1.29, 1.82) is 0 Å². The van der Waals surface area contributed by atoms with Crippen LogP contribution in [0.5, 0.6) is 0 Å². The summed E-state index contributed by atoms with van der Waals surface area (Å²) in [5.41, 5.74) is 10.8. The number of halogens is 1. The highest BCUT2D eigenvalue weighted by atomic mass is 19.1. The normalized spacial score (nSPS) is 18.8. The topological polar surface area (TPSA) is 230 Å². The van der Waals surface area contributed by atoms with Crippen LogP contribution in [0.3, 0.4) is 0 Å². The number of anilines is 2. The molecule has 19 nitrogen and oxygen atoms in total. The summed E-state index contributed by atoms with van der Waals surface area (Å²) in [5, 5.41) is 20.3. The third-order valence-electron chi connectivity index (χ3n) is 14.2. The fraction of sp³-hybridized carbons (Fsp3) is 0.537. The zero-order chi connectivity index (χ0) is 53.1. The minimum absolute atomic E-state index is 0.150. The number of pyridine rings is 1. The molecule has 3 aliphatic rings. The molecule has 20 heteroatoms. The van der Waals surface area contributed by atoms with Crippen LogP contribution in [0.25, 0.3) is 11.1 Å². The summed E-state index contributed by atoms with van der Waals surface area (Å²) < 4.78 is 28.0. The molecule has 2 fully saturated rings. The third kappa shape index (κ3) is 13.6. The fourth-order valence-electron chi connectivity index (χ4n) is 9.94. The van der Waals surface area contributed by atoms with E-state index in [4.69, 9.17) is 20.3 Å². The lowest BCUT2D eigenvalue weighted by Gasteiger charge is -2.36. The van der Waals surface area contributed by atoms with Gasteiger partial charge in [0, 0.05) is 74.8 Å². The molecule has 3 aliphatic heterocycles. The number of aromatic nitrogens is 3. The molecule has 7 N–H and O–H groups in total. The Hall–Kier alpha value is -6.48. The van der Waals surface area contributed by atoms with Crippen molar-refractivity contribution < 1.29 is 37.8 Å². The smallest absolute Gasteiger partial charge is 0.254 e. The lowest BCUT2D eigenvalue weighted by Crippen LogP contribution is -2.59. The van der Waals surface area contributed by atoms with Gasteiger partial charge in [0.15, 0.2) is 0 Å². The summed E-state index contributed by atoms with van der Waals surface area (Å²) in [4.78, 5) is 78.0. The summed E-state index contributed by atoms with van der Waals surface area (Å²) in [6.07, 6.45) is 6.37. The number of hydrogen-bond donors (Lipinski definition) is 6. The van der Waals surface area contributed by atoms with E-state index in [1.54, 1.807) is 47.8 Å². The van der Waals surface area contributed by atoms with E-state index >= 15 is 0 Å². The highest BCUT2D eigenvalue weighted by molar-refractivity contribution is 5.96. The van der Waals surface area contributed by atoms with Crippen LogP contribution in [-0.4, -0.2) is 145 Å². The quantitative estimate of drug-likeness (QED) is 0.0647. The number of amides is 5. The van der Waals surface area contributed by atoms with Crippen LogP contribution in [0.1, 0.15) is 106 Å². The number of likely N-dealkylation sites (tertiary alicyclic amines) is 1. The molecule has 0 spiro atoms. The maximum atomic E-state index is 14.7. The van der Waals surface area contributed by atoms with E-state index in [9.17, 15) is 28.4 Å². The van der Waals surface area contributed by atoms with Gasteiger partial charge in [-0.1, -0.05) is 58.0 Å². The van der Waals surface area contributed by atoms with E-state index in [0.717, 1.165) is 35.2 Å². The second-order valence-corrected chi connectivity index (χ2v) is 20.5. The number of benzene rings is 2. The predicted octanol–water partition coefficient (Wildman–Crippen LogP) is 4.10. The first-order chi connectivity index (χ1) is 35.5. The second-order valence-electron chi connectivity index (χ2n) is 20.5. The van der Waals surface area contributed by atoms with E-state index < -0.39 is 29.4 Å². The number of carbonyl (C=O) groups is 5. The fourth-order valence-corrected chi connectivity index (χ4v) is 9.94. The molecule has 0 unspecified atom stereocenters. The minimum Gasteiger partial charge on any atom is -0.382 e. The van der Waals surface area contributed by atoms with E-state index in [2.05, 4.69) is 36.5 Å². The number of rotatable bonds is 21. The first kappa shape index (κ1) is 55.3. The summed E-state index contributed by atoms with van der Waals surface area (Å²) in [6.45, 7) is 12.8. The number of hydrogen-bond acceptors (Lipinski definition) is 13. The highest BCUT2D eigenvalue weighted by Gasteiger charge is 2.45. The van der Waals surface area contributed by atoms with Gasteiger partial charge in [-0.05, 0) is 80.5 Å². The maximum Gasteiger partial charge on any atom is 0.254 e. The molecule has 4 aromatic rings. The summed E-state index contributed by atoms with van der Waals surface area (Å²) >= 11 is 0. The van der Waals surface area contributed by atoms with Gasteiger partial charge in [-0.15, -0.1) is 0 Å². The van der Waals surface area contributed by atoms with Gasteiger partial charge in [0.25, 0.3) is 5.91 Å². The number of ether oxygens (including phenoxy) is 2. The maximum absolute atomic E-state index is 14.7. The summed E-state index contributed by atoms with van der Waals surface area (Å²) in [6, 6.07) is 13.3. The molecule has 2 bridgehead atoms. The van der Waals surface area contributed by atoms with Crippen LogP contribution in [0.15, 0.2) is 67.0 Å². The Kier molecular flexibility index (Phi) is 18.8. The Morgan fingerprint density at radius 3 is 2.46 bits per heavy atom. The molecule has 74 heavy (non-hydrogen) atoms. The van der Waals surface area contributed by atoms with E-state index in [-0.39, 0.29) is 80.4 Å². The van der Waals surface area contributed by atoms with Gasteiger partial charge in [0.1, 0.15) is 23.7 Å². The highest BCUT2D eigenvalue weighted by Crippen LogP contribution is 2.42. The molecule has 5 heterocycles. The van der Waals surface area contributed by atoms with Crippen molar-refractivity contribution in [2.45, 2.75) is 116 Å². The first-order valence-corrected chi connectivity index (χ1v) is 25.9. The molecular formula is C54H75FN12O7. The molecular weight excluding hydrogens is 948 g/mol. The van der Waals surface area contributed by atoms with E-state index in [0.29, 0.717) is 74.9 Å². The van der Waals surface area contributed by atoms with Crippen LogP contribution in [0.2, 0.25) is 0 Å². The van der Waals surface area contributed by atoms with Crippen molar-refractivity contribution in [1.82, 2.24) is 51.1 Å². The van der Waals surface area contributed by atoms with Crippen molar-refractivity contribution in [2.75, 3.05) is 77.3 Å². The molecule has 2 aromatic heterocycles. The van der Waals surface area contributed by atoms with Crippen molar-refractivity contribution in [3.8, 4) is 11.1 Å². The molecule has 2 aromatic carbocycles. The van der Waals surface area contributed by atoms with Gasteiger partial charge < -0.3 is 56.5 Å². The summed E-state index contributed by atoms with van der Waals surface area (Å²) in [7, 11) is 3.39. The Balaban J connectivity index is 0.859. The zero-order valence-corrected chi connectivity index (χ0v) is 43.9. The number of likely N-dealkylation sites (N-methyl/N-ethyl adjacent to an activating group) is 1. The van der Waals surface area contributed by atoms with Gasteiger partial charge >= 0.3 is 0 Å². The molecule has 400 valence electrons. The molecule has 2 saturated heterocycles. The second kappa shape index (κ2) is 25.2. The molecule has 7 rings (SSSR count). The monoisotopic (exact) mass is 1020 g/mol. The predicted molar refractivity (Wildman–Crippen MR) is 280 cm³/mol. The Bertz CT molecular complexity index is 2590. The van der Waals surface area contributed by atoms with Crippen molar-refractivity contribution in [2.24, 2.45) is 5.41 Å². The van der Waals surface area contributed by atoms with Gasteiger partial charge in [-0.25, -0.2) is 9.37 Å². The van der Waals surface area contributed by atoms with Gasteiger partial charge in [0.2, 0.25) is 23.6 Å². The van der Waals surface area contributed by atoms with Crippen LogP contribution in [0.4, 0.5) is 15.9 Å². The van der Waals surface area contributed by atoms with Crippen LogP contribution in [0, 0.1) is 11.2 Å². The summed E-state index contributed by atoms with van der Waals surface area (Å²) in [5.74, 6) is -1.33. The largest absolute Gasteiger partial charge is 0.382 e. The van der Waals surface area contributed by atoms with Crippen molar-refractivity contribution >= 4 is 41.0 Å². The Morgan fingerprint density at radius 2 is 1.73 bits per heavy atom. The number of nitrogens with zero attached hydrogens (tertiary/aromatic N) is 6. The lowest BCUT2D eigenvalue weighted by molar-refractivity contribution is -0.144. The van der Waals surface area contributed by atoms with E-state index in [1.807, 2.05) is 70.3 Å². The number of nitrogens with two attached hydrogens (primary N) is 1. The third-order valence-corrected chi connectivity index (χ3v) is 14.2. The van der Waals surface area contributed by atoms with Crippen molar-refractivity contribution in [3.63, 3.8) is 0 Å². The molecule has 0 radical (unpaired) electrons. The Labute approximate surface area is 433 Å². The number of carbonyl (C=O) groups excluding carboxylic acids is 5. The molecule has 5 amide bonds. The molecule has 0 saturated carbocycles. The van der Waals surface area contributed by atoms with Gasteiger partial charge in [-0.3, -0.25) is 28.7 Å². The molecule has 6 atom stereocenters. The zero-order valence-electron chi connectivity index (χ0n) is 43.9. The lowest BCUT2D eigenvalue weighted by atomic mass is 9.85. The average Bonchev–Trinajstić information content (AvgIpc) is 4.15. The Morgan fingerprint density at radius 1 is 0.973 bits per heavy atom. The van der Waals surface area contributed by atoms with Crippen LogP contribution < -0.4 is 37.2 Å². The molecule has 0 aliphatic carbocycles. The van der Waals surface area contributed by atoms with E-state index in [1.165, 1.54) is 12.1 Å². The average molecular weight is 1020 g/mol. The van der Waals surface area contributed by atoms with Crippen molar-refractivity contribution in [3.05, 3.63) is 95.2 Å². The number of fused-ring (bicyclic) bond motifs is 8. The minimum atomic E-state index is -0.862. The standard InChI is InChI=1S/C54H75FN12O7/c1-8-42(35-13-10-9-11-14-35)61-51(70)46-29-38(31-67(46)53(72)48(54(3,4)5)62-50(69)34(2)57-6)58-20-24-74-26-25-73-23-18-47(68)59-19-22-65-32-41-36-27-45(49(56)60-30-36)66-21-12-15-44(66)40-28-37(55)16-17-39(40)52(71)64(7)33-43(41)63-65/h9-11,13-14,16-17,27-28,30,32,34,38,42,44,46,48,57-58H,8,12,15,18-26,29,31,33H2,1-7H3,(H2,56,60)(H,59,68)(H,61,70)(H,62,69)/t34-,38-,42+,44-,46-,48+/m1/s1.